The molecule has 5 aliphatic carbocycles. The molecule has 0 spiro atoms. The second kappa shape index (κ2) is 11.2. The van der Waals surface area contributed by atoms with E-state index >= 15 is 0 Å². The van der Waals surface area contributed by atoms with Gasteiger partial charge in [-0.05, 0) is 110 Å². The van der Waals surface area contributed by atoms with Crippen LogP contribution in [-0.2, 0) is 25.7 Å². The van der Waals surface area contributed by atoms with E-state index in [4.69, 9.17) is 14.2 Å². The van der Waals surface area contributed by atoms with Crippen LogP contribution in [0.2, 0.25) is 0 Å². The molecule has 1 aromatic rings. The maximum Gasteiger partial charge on any atom is 0.313 e. The predicted molar refractivity (Wildman–Crippen MR) is 177 cm³/mol. The highest BCUT2D eigenvalue weighted by Gasteiger charge is 2.70. The Hall–Kier alpha value is -2.30. The van der Waals surface area contributed by atoms with Crippen molar-refractivity contribution >= 4 is 11.9 Å². The first-order valence-electron chi connectivity index (χ1n) is 17.8. The molecule has 248 valence electrons. The first kappa shape index (κ1) is 32.6. The average Bonchev–Trinajstić information content (AvgIpc) is 2.99. The number of carbonyl (C=O) groups excluding carboxylic acids is 2. The van der Waals surface area contributed by atoms with Gasteiger partial charge in [-0.1, -0.05) is 78.3 Å². The molecule has 5 aliphatic rings. The molecular weight excluding hydrogens is 560 g/mol. The van der Waals surface area contributed by atoms with Crippen molar-refractivity contribution in [3.05, 3.63) is 41.5 Å². The first-order chi connectivity index (χ1) is 21.2. The maximum atomic E-state index is 14.4. The third-order valence-electron chi connectivity index (χ3n) is 15.2. The first-order valence-corrected chi connectivity index (χ1v) is 17.8. The Labute approximate surface area is 272 Å². The van der Waals surface area contributed by atoms with Gasteiger partial charge in [-0.2, -0.15) is 0 Å². The lowest BCUT2D eigenvalue weighted by Gasteiger charge is -2.71. The van der Waals surface area contributed by atoms with Crippen LogP contribution >= 0.6 is 0 Å². The molecule has 0 N–H and O–H groups in total. The summed E-state index contributed by atoms with van der Waals surface area (Å²) in [6, 6.07) is 7.86. The van der Waals surface area contributed by atoms with E-state index in [2.05, 4.69) is 54.5 Å². The summed E-state index contributed by atoms with van der Waals surface area (Å²) in [4.78, 5) is 26.4. The molecule has 10 atom stereocenters. The minimum atomic E-state index is -0.465. The van der Waals surface area contributed by atoms with Gasteiger partial charge in [-0.25, -0.2) is 0 Å². The number of para-hydroxylation sites is 1. The summed E-state index contributed by atoms with van der Waals surface area (Å²) in [5.74, 6) is 2.90. The SMILES string of the molecule is COc1ccccc1COC(=O)[C@]12CC[C@@H](C)[C@H](C)C1C1=CC[C@@H]3[C@@]4(C)CC[C@@H](OC(C)=O)C(C)(C)[C@H]4CC[C@@]3(C)[C@]1(C)CC2. The van der Waals surface area contributed by atoms with Gasteiger partial charge in [0.25, 0.3) is 0 Å². The zero-order valence-corrected chi connectivity index (χ0v) is 29.5. The van der Waals surface area contributed by atoms with Crippen molar-refractivity contribution in [2.45, 2.75) is 126 Å². The van der Waals surface area contributed by atoms with Crippen LogP contribution in [0.25, 0.3) is 0 Å². The Morgan fingerprint density at radius 2 is 1.62 bits per heavy atom. The average molecular weight is 619 g/mol. The zero-order chi connectivity index (χ0) is 32.6. The van der Waals surface area contributed by atoms with Gasteiger partial charge in [0.15, 0.2) is 0 Å². The van der Waals surface area contributed by atoms with Crippen molar-refractivity contribution in [2.75, 3.05) is 7.11 Å². The summed E-state index contributed by atoms with van der Waals surface area (Å²) in [6.07, 6.45) is 12.0. The fraction of sp³-hybridized carbons (Fsp3) is 0.750. The van der Waals surface area contributed by atoms with E-state index in [-0.39, 0.29) is 52.2 Å². The highest BCUT2D eigenvalue weighted by Crippen LogP contribution is 2.76. The Kier molecular flexibility index (Phi) is 8.09. The Morgan fingerprint density at radius 1 is 0.889 bits per heavy atom. The molecule has 6 rings (SSSR count). The molecule has 0 saturated heterocycles. The number of carbonyl (C=O) groups is 2. The van der Waals surface area contributed by atoms with E-state index in [9.17, 15) is 9.59 Å². The lowest BCUT2D eigenvalue weighted by Crippen LogP contribution is -2.65. The Balaban J connectivity index is 1.34. The normalized spacial score (nSPS) is 43.4. The van der Waals surface area contributed by atoms with Gasteiger partial charge in [0, 0.05) is 17.9 Å². The number of ether oxygens (including phenoxy) is 3. The molecule has 5 nitrogen and oxygen atoms in total. The summed E-state index contributed by atoms with van der Waals surface area (Å²) in [7, 11) is 1.67. The summed E-state index contributed by atoms with van der Waals surface area (Å²) >= 11 is 0. The van der Waals surface area contributed by atoms with Crippen LogP contribution in [0.3, 0.4) is 0 Å². The van der Waals surface area contributed by atoms with Gasteiger partial charge in [-0.15, -0.1) is 0 Å². The second-order valence-electron chi connectivity index (χ2n) is 17.1. The molecule has 1 aromatic carbocycles. The predicted octanol–water partition coefficient (Wildman–Crippen LogP) is 9.33. The second-order valence-corrected chi connectivity index (χ2v) is 17.1. The molecule has 45 heavy (non-hydrogen) atoms. The highest BCUT2D eigenvalue weighted by molar-refractivity contribution is 5.79. The molecular formula is C40H58O5. The number of hydrogen-bond acceptors (Lipinski definition) is 5. The van der Waals surface area contributed by atoms with Gasteiger partial charge in [0.05, 0.1) is 12.5 Å². The molecule has 4 saturated carbocycles. The third kappa shape index (κ3) is 4.66. The highest BCUT2D eigenvalue weighted by atomic mass is 16.5. The number of hydrogen-bond donors (Lipinski definition) is 0. The lowest BCUT2D eigenvalue weighted by atomic mass is 9.33. The minimum Gasteiger partial charge on any atom is -0.496 e. The molecule has 5 heteroatoms. The number of esters is 2. The van der Waals surface area contributed by atoms with Crippen molar-refractivity contribution in [3.8, 4) is 5.75 Å². The van der Waals surface area contributed by atoms with Gasteiger partial charge >= 0.3 is 11.9 Å². The van der Waals surface area contributed by atoms with Crippen molar-refractivity contribution in [1.29, 1.82) is 0 Å². The smallest absolute Gasteiger partial charge is 0.313 e. The third-order valence-corrected chi connectivity index (χ3v) is 15.2. The topological polar surface area (TPSA) is 61.8 Å². The molecule has 0 amide bonds. The van der Waals surface area contributed by atoms with Gasteiger partial charge in [-0.3, -0.25) is 9.59 Å². The van der Waals surface area contributed by atoms with Gasteiger partial charge in [0.2, 0.25) is 0 Å². The van der Waals surface area contributed by atoms with Crippen LogP contribution in [0.15, 0.2) is 35.9 Å². The van der Waals surface area contributed by atoms with Crippen LogP contribution in [-0.4, -0.2) is 25.2 Å². The van der Waals surface area contributed by atoms with E-state index in [1.165, 1.54) is 12.8 Å². The number of benzene rings is 1. The van der Waals surface area contributed by atoms with Crippen LogP contribution < -0.4 is 4.74 Å². The van der Waals surface area contributed by atoms with Crippen molar-refractivity contribution < 1.29 is 23.8 Å². The molecule has 0 radical (unpaired) electrons. The van der Waals surface area contributed by atoms with Crippen LogP contribution in [0.1, 0.15) is 119 Å². The summed E-state index contributed by atoms with van der Waals surface area (Å²) in [5, 5.41) is 0. The van der Waals surface area contributed by atoms with Crippen molar-refractivity contribution in [3.63, 3.8) is 0 Å². The van der Waals surface area contributed by atoms with Gasteiger partial charge in [0.1, 0.15) is 18.5 Å². The molecule has 1 unspecified atom stereocenters. The summed E-state index contributed by atoms with van der Waals surface area (Å²) < 4.78 is 17.8. The Morgan fingerprint density at radius 3 is 2.33 bits per heavy atom. The molecule has 0 heterocycles. The monoisotopic (exact) mass is 618 g/mol. The van der Waals surface area contributed by atoms with Crippen molar-refractivity contribution in [2.24, 2.45) is 56.7 Å². The van der Waals surface area contributed by atoms with E-state index in [1.807, 2.05) is 24.3 Å². The van der Waals surface area contributed by atoms with Crippen LogP contribution in [0.4, 0.5) is 0 Å². The maximum absolute atomic E-state index is 14.4. The standard InChI is InChI=1S/C40H58O5/c1-25-16-21-40(35(42)44-24-28-12-10-11-13-30(28)43-9)23-22-38(7)29(34(40)26(25)2)14-15-32-37(6)19-18-33(45-27(3)41)36(4,5)31(37)17-20-39(32,38)8/h10-14,25-26,31-34H,15-24H2,1-9H3/t25-,26+,31-,32-,33-,34?,37+,38-,39-,40+/m1/s1. The lowest BCUT2D eigenvalue weighted by molar-refractivity contribution is -0.214. The van der Waals surface area contributed by atoms with Crippen molar-refractivity contribution in [1.82, 2.24) is 0 Å². The Bertz CT molecular complexity index is 1360. The number of allylic oxidation sites excluding steroid dienone is 2. The van der Waals surface area contributed by atoms with E-state index in [1.54, 1.807) is 19.6 Å². The van der Waals surface area contributed by atoms with Crippen LogP contribution in [0.5, 0.6) is 5.75 Å². The molecule has 0 aliphatic heterocycles. The largest absolute Gasteiger partial charge is 0.496 e. The van der Waals surface area contributed by atoms with Gasteiger partial charge < -0.3 is 14.2 Å². The van der Waals surface area contributed by atoms with E-state index < -0.39 is 5.41 Å². The zero-order valence-electron chi connectivity index (χ0n) is 29.5. The number of rotatable bonds is 5. The van der Waals surface area contributed by atoms with Crippen LogP contribution in [0, 0.1) is 56.7 Å². The molecule has 4 fully saturated rings. The quantitative estimate of drug-likeness (QED) is 0.243. The summed E-state index contributed by atoms with van der Waals surface area (Å²) in [5.41, 5.74) is 2.35. The fourth-order valence-electron chi connectivity index (χ4n) is 12.3. The molecule has 0 bridgehead atoms. The molecule has 0 aromatic heterocycles. The van der Waals surface area contributed by atoms with E-state index in [0.717, 1.165) is 56.3 Å². The minimum absolute atomic E-state index is 0.00593. The summed E-state index contributed by atoms with van der Waals surface area (Å²) in [6.45, 7) is 19.1. The number of fused-ring (bicyclic) bond motifs is 7. The fourth-order valence-corrected chi connectivity index (χ4v) is 12.3. The van der Waals surface area contributed by atoms with E-state index in [0.29, 0.717) is 23.7 Å². The number of methoxy groups -OCH3 is 1.